The van der Waals surface area contributed by atoms with Crippen molar-refractivity contribution in [3.8, 4) is 0 Å². The summed E-state index contributed by atoms with van der Waals surface area (Å²) >= 11 is 1.55. The quantitative estimate of drug-likeness (QED) is 0.860. The minimum absolute atomic E-state index is 0.0358. The van der Waals surface area contributed by atoms with Crippen molar-refractivity contribution >= 4 is 23.2 Å². The second kappa shape index (κ2) is 6.39. The highest BCUT2D eigenvalue weighted by atomic mass is 32.1. The summed E-state index contributed by atoms with van der Waals surface area (Å²) in [6.45, 7) is 3.90. The van der Waals surface area contributed by atoms with Crippen molar-refractivity contribution in [1.82, 2.24) is 10.2 Å². The van der Waals surface area contributed by atoms with Gasteiger partial charge < -0.3 is 10.2 Å². The largest absolute Gasteiger partial charge is 0.352 e. The van der Waals surface area contributed by atoms with E-state index in [2.05, 4.69) is 5.32 Å². The second-order valence-electron chi connectivity index (χ2n) is 4.23. The van der Waals surface area contributed by atoms with E-state index in [1.54, 1.807) is 18.4 Å². The fraction of sp³-hybridized carbons (Fsp3) is 0.500. The Morgan fingerprint density at radius 2 is 2.18 bits per heavy atom. The van der Waals surface area contributed by atoms with E-state index in [1.165, 1.54) is 4.90 Å². The maximum atomic E-state index is 11.8. The molecule has 1 aromatic rings. The Labute approximate surface area is 106 Å². The Morgan fingerprint density at radius 3 is 2.71 bits per heavy atom. The van der Waals surface area contributed by atoms with Crippen molar-refractivity contribution in [3.05, 3.63) is 22.4 Å². The van der Waals surface area contributed by atoms with Crippen molar-refractivity contribution in [2.24, 2.45) is 0 Å². The number of carbonyl (C=O) groups excluding carboxylic acids is 2. The number of rotatable bonds is 5. The predicted octanol–water partition coefficient (Wildman–Crippen LogP) is 1.27. The number of amides is 2. The fourth-order valence-corrected chi connectivity index (χ4v) is 2.06. The molecule has 0 radical (unpaired) electrons. The van der Waals surface area contributed by atoms with Gasteiger partial charge in [-0.15, -0.1) is 11.3 Å². The van der Waals surface area contributed by atoms with Crippen molar-refractivity contribution in [2.75, 3.05) is 13.6 Å². The third-order valence-electron chi connectivity index (χ3n) is 2.16. The third-order valence-corrected chi connectivity index (χ3v) is 3.04. The Bertz CT molecular complexity index is 374. The highest BCUT2D eigenvalue weighted by molar-refractivity contribution is 7.10. The molecule has 0 saturated heterocycles. The van der Waals surface area contributed by atoms with Gasteiger partial charge in [0, 0.05) is 18.0 Å². The van der Waals surface area contributed by atoms with Gasteiger partial charge in [0.05, 0.1) is 13.0 Å². The van der Waals surface area contributed by atoms with E-state index >= 15 is 0 Å². The van der Waals surface area contributed by atoms with Crippen molar-refractivity contribution in [3.63, 3.8) is 0 Å². The zero-order valence-corrected chi connectivity index (χ0v) is 11.2. The van der Waals surface area contributed by atoms with Crippen LogP contribution in [0.4, 0.5) is 0 Å². The van der Waals surface area contributed by atoms with Crippen molar-refractivity contribution in [1.29, 1.82) is 0 Å². The summed E-state index contributed by atoms with van der Waals surface area (Å²) in [4.78, 5) is 25.7. The summed E-state index contributed by atoms with van der Waals surface area (Å²) in [6, 6.07) is 3.94. The third kappa shape index (κ3) is 4.99. The number of nitrogens with one attached hydrogen (secondary N) is 1. The maximum Gasteiger partial charge on any atom is 0.239 e. The molecule has 0 spiro atoms. The number of nitrogens with zero attached hydrogens (tertiary/aromatic N) is 1. The molecule has 0 fully saturated rings. The zero-order chi connectivity index (χ0) is 12.8. The molecular formula is C12H18N2O2S. The van der Waals surface area contributed by atoms with Crippen LogP contribution < -0.4 is 5.32 Å². The summed E-state index contributed by atoms with van der Waals surface area (Å²) in [5, 5.41) is 4.70. The first kappa shape index (κ1) is 13.7. The van der Waals surface area contributed by atoms with Crippen LogP contribution in [0.2, 0.25) is 0 Å². The monoisotopic (exact) mass is 254 g/mol. The topological polar surface area (TPSA) is 49.4 Å². The van der Waals surface area contributed by atoms with Crippen LogP contribution in [0.15, 0.2) is 17.5 Å². The van der Waals surface area contributed by atoms with E-state index in [-0.39, 0.29) is 24.4 Å². The van der Waals surface area contributed by atoms with Gasteiger partial charge in [0.1, 0.15) is 0 Å². The molecular weight excluding hydrogens is 236 g/mol. The highest BCUT2D eigenvalue weighted by Gasteiger charge is 2.14. The van der Waals surface area contributed by atoms with Crippen molar-refractivity contribution < 1.29 is 9.59 Å². The molecule has 1 N–H and O–H groups in total. The zero-order valence-electron chi connectivity index (χ0n) is 10.4. The summed E-state index contributed by atoms with van der Waals surface area (Å²) in [7, 11) is 1.65. The molecule has 2 amide bonds. The van der Waals surface area contributed by atoms with Gasteiger partial charge in [0.25, 0.3) is 0 Å². The van der Waals surface area contributed by atoms with Crippen LogP contribution >= 0.6 is 11.3 Å². The standard InChI is InChI=1S/C12H18N2O2S/c1-9(2)13-11(15)8-14(3)12(16)7-10-5-4-6-17-10/h4-6,9H,7-8H2,1-3H3,(H,13,15). The SMILES string of the molecule is CC(C)NC(=O)CN(C)C(=O)Cc1cccs1. The number of thiophene rings is 1. The number of likely N-dealkylation sites (N-methyl/N-ethyl adjacent to an activating group) is 1. The van der Waals surface area contributed by atoms with Crippen LogP contribution in [0.1, 0.15) is 18.7 Å². The minimum atomic E-state index is -0.123. The van der Waals surface area contributed by atoms with Gasteiger partial charge in [0.2, 0.25) is 11.8 Å². The van der Waals surface area contributed by atoms with E-state index < -0.39 is 0 Å². The summed E-state index contributed by atoms with van der Waals surface area (Å²) < 4.78 is 0. The first-order valence-electron chi connectivity index (χ1n) is 5.54. The molecule has 0 unspecified atom stereocenters. The summed E-state index contributed by atoms with van der Waals surface area (Å²) in [6.07, 6.45) is 0.364. The number of hydrogen-bond donors (Lipinski definition) is 1. The molecule has 0 aliphatic carbocycles. The predicted molar refractivity (Wildman–Crippen MR) is 68.9 cm³/mol. The van der Waals surface area contributed by atoms with Gasteiger partial charge in [-0.3, -0.25) is 9.59 Å². The molecule has 4 nitrogen and oxygen atoms in total. The average Bonchev–Trinajstić information content (AvgIpc) is 2.68. The molecule has 0 bridgehead atoms. The molecule has 0 aromatic carbocycles. The Balaban J connectivity index is 2.39. The Morgan fingerprint density at radius 1 is 1.47 bits per heavy atom. The van der Waals surface area contributed by atoms with E-state index in [1.807, 2.05) is 31.4 Å². The van der Waals surface area contributed by atoms with E-state index in [9.17, 15) is 9.59 Å². The Kier molecular flexibility index (Phi) is 5.15. The van der Waals surface area contributed by atoms with Crippen LogP contribution in [-0.4, -0.2) is 36.3 Å². The van der Waals surface area contributed by atoms with E-state index in [0.29, 0.717) is 6.42 Å². The molecule has 1 rings (SSSR count). The lowest BCUT2D eigenvalue weighted by Crippen LogP contribution is -2.41. The van der Waals surface area contributed by atoms with Crippen LogP contribution in [0.25, 0.3) is 0 Å². The first-order chi connectivity index (χ1) is 7.99. The smallest absolute Gasteiger partial charge is 0.239 e. The summed E-state index contributed by atoms with van der Waals surface area (Å²) in [5.74, 6) is -0.159. The summed E-state index contributed by atoms with van der Waals surface area (Å²) in [5.41, 5.74) is 0. The van der Waals surface area contributed by atoms with Crippen LogP contribution in [0.3, 0.4) is 0 Å². The molecule has 17 heavy (non-hydrogen) atoms. The molecule has 1 heterocycles. The molecule has 94 valence electrons. The first-order valence-corrected chi connectivity index (χ1v) is 6.42. The van der Waals surface area contributed by atoms with Gasteiger partial charge in [-0.25, -0.2) is 0 Å². The Hall–Kier alpha value is -1.36. The lowest BCUT2D eigenvalue weighted by Gasteiger charge is -2.17. The van der Waals surface area contributed by atoms with Gasteiger partial charge in [0.15, 0.2) is 0 Å². The van der Waals surface area contributed by atoms with Gasteiger partial charge >= 0.3 is 0 Å². The van der Waals surface area contributed by atoms with E-state index in [0.717, 1.165) is 4.88 Å². The van der Waals surface area contributed by atoms with Gasteiger partial charge in [-0.1, -0.05) is 6.07 Å². The van der Waals surface area contributed by atoms with Crippen LogP contribution in [0.5, 0.6) is 0 Å². The van der Waals surface area contributed by atoms with Crippen molar-refractivity contribution in [2.45, 2.75) is 26.3 Å². The van der Waals surface area contributed by atoms with Crippen LogP contribution in [-0.2, 0) is 16.0 Å². The van der Waals surface area contributed by atoms with Crippen LogP contribution in [0, 0.1) is 0 Å². The highest BCUT2D eigenvalue weighted by Crippen LogP contribution is 2.10. The molecule has 1 aromatic heterocycles. The molecule has 0 aliphatic rings. The lowest BCUT2D eigenvalue weighted by atomic mass is 10.3. The lowest BCUT2D eigenvalue weighted by molar-refractivity contribution is -0.134. The normalized spacial score (nSPS) is 10.4. The molecule has 0 atom stereocenters. The average molecular weight is 254 g/mol. The minimum Gasteiger partial charge on any atom is -0.352 e. The van der Waals surface area contributed by atoms with E-state index in [4.69, 9.17) is 0 Å². The number of carbonyl (C=O) groups is 2. The fourth-order valence-electron chi connectivity index (χ4n) is 1.37. The molecule has 0 aliphatic heterocycles. The maximum absolute atomic E-state index is 11.8. The molecule has 0 saturated carbocycles. The van der Waals surface area contributed by atoms with Gasteiger partial charge in [-0.2, -0.15) is 0 Å². The number of hydrogen-bond acceptors (Lipinski definition) is 3. The molecule has 5 heteroatoms. The second-order valence-corrected chi connectivity index (χ2v) is 5.26. The van der Waals surface area contributed by atoms with Gasteiger partial charge in [-0.05, 0) is 25.3 Å².